The predicted octanol–water partition coefficient (Wildman–Crippen LogP) is 2.00. The highest BCUT2D eigenvalue weighted by Crippen LogP contribution is 2.41. The first-order chi connectivity index (χ1) is 10.5. The second kappa shape index (κ2) is 5.03. The summed E-state index contributed by atoms with van der Waals surface area (Å²) in [6.45, 7) is 2.53. The quantitative estimate of drug-likeness (QED) is 0.631. The standard InChI is InChI=1S/C17H15NO4/c1-11(20)17(12(2)21)14(10-19)9-18-8-7-13-5-3-4-6-15(13)16(18)22-17/h3-10,16H,1-2H3/t16-/m1/s1. The van der Waals surface area contributed by atoms with E-state index in [0.717, 1.165) is 11.1 Å². The van der Waals surface area contributed by atoms with Gasteiger partial charge in [-0.05, 0) is 25.5 Å². The number of Topliss-reactive ketones (excluding diaryl/α,β-unsaturated/α-hetero) is 2. The maximum atomic E-state index is 12.1. The number of fused-ring (bicyclic) bond motifs is 3. The highest BCUT2D eigenvalue weighted by Gasteiger charge is 2.51. The molecule has 0 aromatic heterocycles. The van der Waals surface area contributed by atoms with Crippen LogP contribution < -0.4 is 0 Å². The summed E-state index contributed by atoms with van der Waals surface area (Å²) in [7, 11) is 0. The van der Waals surface area contributed by atoms with E-state index in [4.69, 9.17) is 4.74 Å². The summed E-state index contributed by atoms with van der Waals surface area (Å²) >= 11 is 0. The summed E-state index contributed by atoms with van der Waals surface area (Å²) < 4.78 is 5.91. The van der Waals surface area contributed by atoms with Gasteiger partial charge in [-0.25, -0.2) is 0 Å². The zero-order chi connectivity index (χ0) is 15.9. The lowest BCUT2D eigenvalue weighted by Crippen LogP contribution is -2.54. The molecule has 22 heavy (non-hydrogen) atoms. The monoisotopic (exact) mass is 297 g/mol. The van der Waals surface area contributed by atoms with Crippen LogP contribution in [0.4, 0.5) is 0 Å². The van der Waals surface area contributed by atoms with E-state index in [-0.39, 0.29) is 5.57 Å². The van der Waals surface area contributed by atoms with E-state index in [0.29, 0.717) is 6.29 Å². The minimum Gasteiger partial charge on any atom is -0.327 e. The van der Waals surface area contributed by atoms with Crippen LogP contribution in [0.25, 0.3) is 6.08 Å². The fraction of sp³-hybridized carbons (Fsp3) is 0.235. The van der Waals surface area contributed by atoms with E-state index in [9.17, 15) is 14.4 Å². The lowest BCUT2D eigenvalue weighted by atomic mass is 9.84. The van der Waals surface area contributed by atoms with Crippen molar-refractivity contribution < 1.29 is 19.1 Å². The lowest BCUT2D eigenvalue weighted by Gasteiger charge is -2.43. The minimum atomic E-state index is -1.83. The van der Waals surface area contributed by atoms with Gasteiger partial charge in [-0.3, -0.25) is 14.4 Å². The van der Waals surface area contributed by atoms with Crippen LogP contribution in [0.2, 0.25) is 0 Å². The molecule has 1 aromatic rings. The number of hydrogen-bond acceptors (Lipinski definition) is 5. The number of rotatable bonds is 3. The third-order valence-electron chi connectivity index (χ3n) is 4.06. The number of benzene rings is 1. The molecule has 5 nitrogen and oxygen atoms in total. The number of ketones is 2. The molecule has 1 aromatic carbocycles. The first kappa shape index (κ1) is 14.4. The summed E-state index contributed by atoms with van der Waals surface area (Å²) in [6, 6.07) is 7.56. The Bertz CT molecular complexity index is 718. The van der Waals surface area contributed by atoms with Crippen LogP contribution in [-0.4, -0.2) is 28.4 Å². The molecule has 2 heterocycles. The van der Waals surface area contributed by atoms with Crippen LogP contribution in [0.1, 0.15) is 31.2 Å². The van der Waals surface area contributed by atoms with Gasteiger partial charge in [0.2, 0.25) is 5.60 Å². The zero-order valence-electron chi connectivity index (χ0n) is 12.3. The first-order valence-electron chi connectivity index (χ1n) is 6.92. The molecule has 0 N–H and O–H groups in total. The maximum absolute atomic E-state index is 12.1. The van der Waals surface area contributed by atoms with Gasteiger partial charge >= 0.3 is 0 Å². The number of carbonyl (C=O) groups excluding carboxylic acids is 3. The lowest BCUT2D eigenvalue weighted by molar-refractivity contribution is -0.172. The molecule has 0 saturated carbocycles. The van der Waals surface area contributed by atoms with Gasteiger partial charge in [-0.2, -0.15) is 0 Å². The van der Waals surface area contributed by atoms with Crippen molar-refractivity contribution >= 4 is 23.9 Å². The van der Waals surface area contributed by atoms with Gasteiger partial charge in [-0.15, -0.1) is 0 Å². The Hall–Kier alpha value is -2.53. The number of ether oxygens (including phenoxy) is 1. The molecule has 0 spiro atoms. The molecule has 2 aliphatic heterocycles. The fourth-order valence-electron chi connectivity index (χ4n) is 2.95. The van der Waals surface area contributed by atoms with Gasteiger partial charge in [-0.1, -0.05) is 24.3 Å². The van der Waals surface area contributed by atoms with Crippen LogP contribution >= 0.6 is 0 Å². The Balaban J connectivity index is 2.19. The van der Waals surface area contributed by atoms with E-state index in [1.54, 1.807) is 11.1 Å². The fourth-order valence-corrected chi connectivity index (χ4v) is 2.95. The van der Waals surface area contributed by atoms with Crippen LogP contribution in [0.3, 0.4) is 0 Å². The smallest absolute Gasteiger partial charge is 0.216 e. The van der Waals surface area contributed by atoms with Crippen molar-refractivity contribution in [2.45, 2.75) is 25.7 Å². The maximum Gasteiger partial charge on any atom is 0.216 e. The van der Waals surface area contributed by atoms with Crippen LogP contribution in [-0.2, 0) is 19.1 Å². The molecule has 1 atom stereocenters. The van der Waals surface area contributed by atoms with Crippen molar-refractivity contribution in [3.05, 3.63) is 53.4 Å². The Kier molecular flexibility index (Phi) is 3.30. The van der Waals surface area contributed by atoms with Gasteiger partial charge in [0.05, 0.1) is 5.57 Å². The highest BCUT2D eigenvalue weighted by molar-refractivity contribution is 6.16. The Labute approximate surface area is 127 Å². The molecule has 0 unspecified atom stereocenters. The average molecular weight is 297 g/mol. The van der Waals surface area contributed by atoms with Gasteiger partial charge in [0, 0.05) is 18.0 Å². The summed E-state index contributed by atoms with van der Waals surface area (Å²) in [5.41, 5.74) is -0.0140. The van der Waals surface area contributed by atoms with E-state index in [2.05, 4.69) is 0 Å². The molecular weight excluding hydrogens is 282 g/mol. The molecule has 0 saturated heterocycles. The molecule has 0 fully saturated rings. The Morgan fingerprint density at radius 1 is 1.23 bits per heavy atom. The van der Waals surface area contributed by atoms with Crippen LogP contribution in [0.5, 0.6) is 0 Å². The summed E-state index contributed by atoms with van der Waals surface area (Å²) in [5, 5.41) is 0. The van der Waals surface area contributed by atoms with Gasteiger partial charge in [0.1, 0.15) is 0 Å². The Morgan fingerprint density at radius 2 is 1.91 bits per heavy atom. The zero-order valence-corrected chi connectivity index (χ0v) is 12.3. The van der Waals surface area contributed by atoms with Crippen LogP contribution in [0, 0.1) is 0 Å². The number of aldehydes is 1. The SMILES string of the molecule is CC(=O)C1(C(C)=O)O[C@@H]2c3ccccc3C=CN2C=C1C=O. The highest BCUT2D eigenvalue weighted by atomic mass is 16.5. The Morgan fingerprint density at radius 3 is 2.55 bits per heavy atom. The molecule has 0 radical (unpaired) electrons. The molecule has 0 bridgehead atoms. The largest absolute Gasteiger partial charge is 0.327 e. The van der Waals surface area contributed by atoms with Crippen molar-refractivity contribution in [1.82, 2.24) is 4.90 Å². The van der Waals surface area contributed by atoms with Crippen molar-refractivity contribution in [2.75, 3.05) is 0 Å². The normalized spacial score (nSPS) is 21.5. The topological polar surface area (TPSA) is 63.7 Å². The molecular formula is C17H15NO4. The van der Waals surface area contributed by atoms with E-state index in [1.807, 2.05) is 30.3 Å². The van der Waals surface area contributed by atoms with Crippen molar-refractivity contribution in [1.29, 1.82) is 0 Å². The first-order valence-corrected chi connectivity index (χ1v) is 6.92. The molecule has 112 valence electrons. The third kappa shape index (κ3) is 1.86. The third-order valence-corrected chi connectivity index (χ3v) is 4.06. The number of hydrogen-bond donors (Lipinski definition) is 0. The van der Waals surface area contributed by atoms with Crippen LogP contribution in [0.15, 0.2) is 42.2 Å². The second-order valence-corrected chi connectivity index (χ2v) is 5.36. The van der Waals surface area contributed by atoms with Crippen molar-refractivity contribution in [3.8, 4) is 0 Å². The molecule has 5 heteroatoms. The van der Waals surface area contributed by atoms with E-state index in [1.165, 1.54) is 20.0 Å². The molecule has 0 amide bonds. The summed E-state index contributed by atoms with van der Waals surface area (Å²) in [6.07, 6.45) is 5.06. The van der Waals surface area contributed by atoms with Gasteiger partial charge in [0.25, 0.3) is 0 Å². The summed E-state index contributed by atoms with van der Waals surface area (Å²) in [5.74, 6) is -0.991. The van der Waals surface area contributed by atoms with Crippen molar-refractivity contribution in [3.63, 3.8) is 0 Å². The predicted molar refractivity (Wildman–Crippen MR) is 79.4 cm³/mol. The minimum absolute atomic E-state index is 0.0211. The molecule has 0 aliphatic carbocycles. The number of nitrogens with zero attached hydrogens (tertiary/aromatic N) is 1. The average Bonchev–Trinajstić information content (AvgIpc) is 2.52. The second-order valence-electron chi connectivity index (χ2n) is 5.36. The van der Waals surface area contributed by atoms with Gasteiger partial charge in [0.15, 0.2) is 24.1 Å². The van der Waals surface area contributed by atoms with Crippen molar-refractivity contribution in [2.24, 2.45) is 0 Å². The molecule has 2 aliphatic rings. The van der Waals surface area contributed by atoms with E-state index < -0.39 is 23.4 Å². The van der Waals surface area contributed by atoms with Gasteiger partial charge < -0.3 is 9.64 Å². The number of carbonyl (C=O) groups is 3. The van der Waals surface area contributed by atoms with E-state index >= 15 is 0 Å². The summed E-state index contributed by atoms with van der Waals surface area (Å²) in [4.78, 5) is 37.4. The molecule has 3 rings (SSSR count).